The lowest BCUT2D eigenvalue weighted by Crippen LogP contribution is -2.17. The second kappa shape index (κ2) is 10.1. The van der Waals surface area contributed by atoms with Gasteiger partial charge in [-0.25, -0.2) is 4.68 Å². The van der Waals surface area contributed by atoms with Crippen LogP contribution in [0.25, 0.3) is 16.9 Å². The van der Waals surface area contributed by atoms with Crippen molar-refractivity contribution in [2.75, 3.05) is 10.6 Å². The average Bonchev–Trinajstić information content (AvgIpc) is 3.58. The number of carbonyl (C=O) groups is 2. The van der Waals surface area contributed by atoms with Crippen molar-refractivity contribution in [1.82, 2.24) is 19.6 Å². The quantitative estimate of drug-likeness (QED) is 0.335. The van der Waals surface area contributed by atoms with Crippen LogP contribution in [0, 0.1) is 0 Å². The van der Waals surface area contributed by atoms with E-state index in [1.54, 1.807) is 52.1 Å². The van der Waals surface area contributed by atoms with Gasteiger partial charge in [-0.3, -0.25) is 14.3 Å². The molecule has 8 nitrogen and oxygen atoms in total. The van der Waals surface area contributed by atoms with Crippen LogP contribution in [0.4, 0.5) is 11.4 Å². The highest BCUT2D eigenvalue weighted by Gasteiger charge is 2.19. The Hall–Kier alpha value is -4.98. The van der Waals surface area contributed by atoms with E-state index in [0.29, 0.717) is 34.9 Å². The van der Waals surface area contributed by atoms with E-state index in [1.807, 2.05) is 67.6 Å². The summed E-state index contributed by atoms with van der Waals surface area (Å²) in [6.07, 6.45) is 3.32. The monoisotopic (exact) mass is 476 g/mol. The maximum Gasteiger partial charge on any atom is 0.273 e. The molecule has 36 heavy (non-hydrogen) atoms. The summed E-state index contributed by atoms with van der Waals surface area (Å²) in [4.78, 5) is 26.1. The SMILES string of the molecule is CCn1nccc1C(=O)Nc1cccc(NC(=O)c2cn(-c3ccccc3)nc2-c2ccccc2)c1. The van der Waals surface area contributed by atoms with Crippen molar-refractivity contribution in [2.45, 2.75) is 13.5 Å². The number of carbonyl (C=O) groups excluding carboxylic acids is 2. The predicted molar refractivity (Wildman–Crippen MR) is 139 cm³/mol. The smallest absolute Gasteiger partial charge is 0.273 e. The highest BCUT2D eigenvalue weighted by Crippen LogP contribution is 2.25. The maximum absolute atomic E-state index is 13.4. The molecule has 2 N–H and O–H groups in total. The minimum Gasteiger partial charge on any atom is -0.322 e. The molecule has 0 fully saturated rings. The first kappa shape index (κ1) is 22.8. The van der Waals surface area contributed by atoms with E-state index in [-0.39, 0.29) is 11.8 Å². The average molecular weight is 477 g/mol. The minimum atomic E-state index is -0.302. The van der Waals surface area contributed by atoms with Gasteiger partial charge in [0.25, 0.3) is 11.8 Å². The Morgan fingerprint density at radius 2 is 1.47 bits per heavy atom. The number of amides is 2. The van der Waals surface area contributed by atoms with Crippen LogP contribution in [0.1, 0.15) is 27.8 Å². The molecule has 0 saturated carbocycles. The summed E-state index contributed by atoms with van der Waals surface area (Å²) in [6, 6.07) is 27.9. The van der Waals surface area contributed by atoms with E-state index < -0.39 is 0 Å². The van der Waals surface area contributed by atoms with Crippen LogP contribution in [0.3, 0.4) is 0 Å². The summed E-state index contributed by atoms with van der Waals surface area (Å²) in [5.74, 6) is -0.572. The molecule has 0 unspecified atom stereocenters. The van der Waals surface area contributed by atoms with Crippen molar-refractivity contribution in [1.29, 1.82) is 0 Å². The Morgan fingerprint density at radius 1 is 0.806 bits per heavy atom. The zero-order valence-electron chi connectivity index (χ0n) is 19.6. The number of anilines is 2. The number of aryl methyl sites for hydroxylation is 1. The first-order valence-electron chi connectivity index (χ1n) is 11.6. The third-order valence-electron chi connectivity index (χ3n) is 5.65. The third-order valence-corrected chi connectivity index (χ3v) is 5.65. The standard InChI is InChI=1S/C28H24N6O2/c1-2-33-25(16-17-29-33)28(36)31-22-13-9-12-21(18-22)30-27(35)24-19-34(23-14-7-4-8-15-23)32-26(24)20-10-5-3-6-11-20/h3-19H,2H2,1H3,(H,30,35)(H,31,36). The second-order valence-corrected chi connectivity index (χ2v) is 8.06. The first-order chi connectivity index (χ1) is 17.6. The molecule has 0 bridgehead atoms. The fraction of sp³-hybridized carbons (Fsp3) is 0.0714. The van der Waals surface area contributed by atoms with Gasteiger partial charge >= 0.3 is 0 Å². The van der Waals surface area contributed by atoms with Crippen LogP contribution >= 0.6 is 0 Å². The van der Waals surface area contributed by atoms with E-state index in [9.17, 15) is 9.59 Å². The van der Waals surface area contributed by atoms with Gasteiger partial charge in [0.15, 0.2) is 0 Å². The lowest BCUT2D eigenvalue weighted by atomic mass is 10.1. The van der Waals surface area contributed by atoms with Crippen molar-refractivity contribution in [3.05, 3.63) is 115 Å². The third kappa shape index (κ3) is 4.78. The lowest BCUT2D eigenvalue weighted by molar-refractivity contribution is 0.101. The highest BCUT2D eigenvalue weighted by molar-refractivity contribution is 6.08. The molecule has 5 rings (SSSR count). The summed E-state index contributed by atoms with van der Waals surface area (Å²) in [7, 11) is 0. The van der Waals surface area contributed by atoms with Crippen molar-refractivity contribution >= 4 is 23.2 Å². The van der Waals surface area contributed by atoms with Gasteiger partial charge in [-0.15, -0.1) is 0 Å². The molecule has 8 heteroatoms. The molecule has 0 aliphatic heterocycles. The molecule has 5 aromatic rings. The van der Waals surface area contributed by atoms with Crippen LogP contribution in [-0.4, -0.2) is 31.4 Å². The number of hydrogen-bond donors (Lipinski definition) is 2. The minimum absolute atomic E-state index is 0.270. The summed E-state index contributed by atoms with van der Waals surface area (Å²) in [5, 5.41) is 14.7. The van der Waals surface area contributed by atoms with Crippen LogP contribution in [0.5, 0.6) is 0 Å². The fourth-order valence-electron chi connectivity index (χ4n) is 3.91. The molecule has 2 aromatic heterocycles. The molecule has 0 atom stereocenters. The second-order valence-electron chi connectivity index (χ2n) is 8.06. The fourth-order valence-corrected chi connectivity index (χ4v) is 3.91. The number of hydrogen-bond acceptors (Lipinski definition) is 4. The van der Waals surface area contributed by atoms with E-state index >= 15 is 0 Å². The zero-order chi connectivity index (χ0) is 24.9. The Bertz CT molecular complexity index is 1510. The van der Waals surface area contributed by atoms with Crippen LogP contribution in [0.15, 0.2) is 103 Å². The number of benzene rings is 3. The first-order valence-corrected chi connectivity index (χ1v) is 11.6. The molecular formula is C28H24N6O2. The molecule has 2 heterocycles. The summed E-state index contributed by atoms with van der Waals surface area (Å²) in [6.45, 7) is 2.51. The normalized spacial score (nSPS) is 10.7. The van der Waals surface area contributed by atoms with Gasteiger partial charge in [-0.05, 0) is 43.3 Å². The van der Waals surface area contributed by atoms with Crippen LogP contribution < -0.4 is 10.6 Å². The zero-order valence-corrected chi connectivity index (χ0v) is 19.6. The number of nitrogens with zero attached hydrogens (tertiary/aromatic N) is 4. The van der Waals surface area contributed by atoms with E-state index in [0.717, 1.165) is 11.3 Å². The Kier molecular flexibility index (Phi) is 6.40. The molecule has 0 aliphatic carbocycles. The van der Waals surface area contributed by atoms with E-state index in [1.165, 1.54) is 0 Å². The highest BCUT2D eigenvalue weighted by atomic mass is 16.2. The molecule has 0 aliphatic rings. The van der Waals surface area contributed by atoms with Crippen LogP contribution in [0.2, 0.25) is 0 Å². The summed E-state index contributed by atoms with van der Waals surface area (Å²) >= 11 is 0. The van der Waals surface area contributed by atoms with Crippen molar-refractivity contribution < 1.29 is 9.59 Å². The molecule has 0 radical (unpaired) electrons. The van der Waals surface area contributed by atoms with Crippen molar-refractivity contribution in [2.24, 2.45) is 0 Å². The van der Waals surface area contributed by atoms with E-state index in [4.69, 9.17) is 5.10 Å². The molecule has 0 saturated heterocycles. The molecule has 3 aromatic carbocycles. The topological polar surface area (TPSA) is 93.8 Å². The number of rotatable bonds is 7. The number of nitrogens with one attached hydrogen (secondary N) is 2. The predicted octanol–water partition coefficient (Wildman–Crippen LogP) is 5.26. The van der Waals surface area contributed by atoms with Gasteiger partial charge in [0.2, 0.25) is 0 Å². The van der Waals surface area contributed by atoms with Gasteiger partial charge in [-0.1, -0.05) is 54.6 Å². The van der Waals surface area contributed by atoms with Crippen molar-refractivity contribution in [3.63, 3.8) is 0 Å². The molecule has 2 amide bonds. The van der Waals surface area contributed by atoms with Gasteiger partial charge in [0.1, 0.15) is 11.4 Å². The summed E-state index contributed by atoms with van der Waals surface area (Å²) < 4.78 is 3.32. The van der Waals surface area contributed by atoms with Crippen molar-refractivity contribution in [3.8, 4) is 16.9 Å². The lowest BCUT2D eigenvalue weighted by Gasteiger charge is -2.10. The molecule has 0 spiro atoms. The molecule has 178 valence electrons. The maximum atomic E-state index is 13.4. The van der Waals surface area contributed by atoms with Gasteiger partial charge in [0.05, 0.1) is 11.3 Å². The Balaban J connectivity index is 1.41. The van der Waals surface area contributed by atoms with Gasteiger partial charge in [0, 0.05) is 35.9 Å². The number of aromatic nitrogens is 4. The Morgan fingerprint density at radius 3 is 2.17 bits per heavy atom. The number of para-hydroxylation sites is 1. The molecular weight excluding hydrogens is 452 g/mol. The summed E-state index contributed by atoms with van der Waals surface area (Å²) in [5.41, 5.74) is 4.28. The Labute approximate surface area is 208 Å². The van der Waals surface area contributed by atoms with E-state index in [2.05, 4.69) is 15.7 Å². The van der Waals surface area contributed by atoms with Gasteiger partial charge < -0.3 is 10.6 Å². The van der Waals surface area contributed by atoms with Crippen LogP contribution in [-0.2, 0) is 6.54 Å². The largest absolute Gasteiger partial charge is 0.322 e. The van der Waals surface area contributed by atoms with Gasteiger partial charge in [-0.2, -0.15) is 10.2 Å².